The van der Waals surface area contributed by atoms with Crippen molar-refractivity contribution in [2.24, 2.45) is 40.4 Å². The van der Waals surface area contributed by atoms with Crippen LogP contribution < -0.4 is 4.74 Å². The van der Waals surface area contributed by atoms with Crippen molar-refractivity contribution in [3.8, 4) is 5.75 Å². The maximum absolute atomic E-state index is 13.8. The van der Waals surface area contributed by atoms with Crippen molar-refractivity contribution in [3.63, 3.8) is 0 Å². The van der Waals surface area contributed by atoms with Crippen molar-refractivity contribution in [1.82, 2.24) is 15.0 Å². The second-order valence-electron chi connectivity index (χ2n) is 13.6. The number of carbonyl (C=O) groups is 1. The van der Waals surface area contributed by atoms with Gasteiger partial charge in [0.2, 0.25) is 0 Å². The lowest BCUT2D eigenvalue weighted by Gasteiger charge is -2.62. The minimum Gasteiger partial charge on any atom is -0.403 e. The second-order valence-corrected chi connectivity index (χ2v) is 13.6. The van der Waals surface area contributed by atoms with Gasteiger partial charge < -0.3 is 14.6 Å². The molecule has 0 amide bonds. The van der Waals surface area contributed by atoms with Crippen LogP contribution in [0.15, 0.2) is 18.2 Å². The third kappa shape index (κ3) is 4.53. The lowest BCUT2D eigenvalue weighted by molar-refractivity contribution is -0.274. The van der Waals surface area contributed by atoms with Crippen molar-refractivity contribution in [1.29, 1.82) is 0 Å². The van der Waals surface area contributed by atoms with E-state index in [1.54, 1.807) is 13.2 Å². The van der Waals surface area contributed by atoms with Crippen molar-refractivity contribution in [2.45, 2.75) is 90.1 Å². The molecule has 220 valence electrons. The zero-order chi connectivity index (χ0) is 28.5. The van der Waals surface area contributed by atoms with Gasteiger partial charge >= 0.3 is 6.36 Å². The number of fused-ring (bicyclic) bond motifs is 6. The number of alkyl halides is 3. The third-order valence-corrected chi connectivity index (χ3v) is 11.5. The smallest absolute Gasteiger partial charge is 0.403 e. The molecule has 0 saturated heterocycles. The summed E-state index contributed by atoms with van der Waals surface area (Å²) >= 11 is 0. The first kappa shape index (κ1) is 27.9. The number of hydrogen-bond acceptors (Lipinski definition) is 6. The number of Topliss-reactive ketones (excluding diaryl/α,β-unsaturated/α-hetero) is 1. The third-order valence-electron chi connectivity index (χ3n) is 11.5. The second kappa shape index (κ2) is 9.68. The molecule has 2 aromatic rings. The Balaban J connectivity index is 1.22. The molecule has 7 nitrogen and oxygen atoms in total. The SMILES string of the molecule is COCC12CCC(C)(O)CC1CCC1C3CCC(C(=O)Cn4nnc5c(OC(F)(F)F)cccc54)C3(C)CCC12. The molecule has 0 spiro atoms. The molecule has 1 aromatic carbocycles. The molecule has 4 aliphatic rings. The molecule has 0 radical (unpaired) electrons. The fourth-order valence-electron chi connectivity index (χ4n) is 9.86. The topological polar surface area (TPSA) is 86.5 Å². The number of methoxy groups -OCH3 is 1. The van der Waals surface area contributed by atoms with E-state index in [2.05, 4.69) is 22.0 Å². The highest BCUT2D eigenvalue weighted by Crippen LogP contribution is 2.68. The summed E-state index contributed by atoms with van der Waals surface area (Å²) in [7, 11) is 1.80. The standard InChI is InChI=1S/C30H40F3N3O4/c1-27(38)13-14-29(17-39-3)18(15-27)7-8-19-20-9-10-22(28(20,2)12-11-21(19)29)24(37)16-36-23-5-4-6-25(26(23)34-35-36)40-30(31,32)33/h4-6,18-22,38H,7-17H2,1-3H3. The van der Waals surface area contributed by atoms with Crippen LogP contribution in [0, 0.1) is 40.4 Å². The Morgan fingerprint density at radius 2 is 1.90 bits per heavy atom. The summed E-state index contributed by atoms with van der Waals surface area (Å²) in [4.78, 5) is 13.8. The zero-order valence-corrected chi connectivity index (χ0v) is 23.5. The maximum Gasteiger partial charge on any atom is 0.573 e. The summed E-state index contributed by atoms with van der Waals surface area (Å²) in [5.74, 6) is 1.55. The number of benzene rings is 1. The van der Waals surface area contributed by atoms with Crippen LogP contribution in [0.1, 0.15) is 71.6 Å². The van der Waals surface area contributed by atoms with E-state index in [1.807, 2.05) is 6.92 Å². The van der Waals surface area contributed by atoms with Gasteiger partial charge in [0.15, 0.2) is 17.0 Å². The van der Waals surface area contributed by atoms with Crippen molar-refractivity contribution < 1.29 is 32.5 Å². The van der Waals surface area contributed by atoms with E-state index < -0.39 is 17.7 Å². The number of ketones is 1. The molecule has 0 bridgehead atoms. The van der Waals surface area contributed by atoms with E-state index in [9.17, 15) is 23.1 Å². The van der Waals surface area contributed by atoms with Crippen LogP contribution in [0.4, 0.5) is 13.2 Å². The molecule has 8 unspecified atom stereocenters. The van der Waals surface area contributed by atoms with Gasteiger partial charge in [-0.3, -0.25) is 4.79 Å². The van der Waals surface area contributed by atoms with Crippen LogP contribution in [0.5, 0.6) is 5.75 Å². The Morgan fingerprint density at radius 3 is 2.65 bits per heavy atom. The van der Waals surface area contributed by atoms with Crippen LogP contribution in [0.2, 0.25) is 0 Å². The fourth-order valence-corrected chi connectivity index (χ4v) is 9.86. The van der Waals surface area contributed by atoms with E-state index in [-0.39, 0.29) is 34.6 Å². The summed E-state index contributed by atoms with van der Waals surface area (Å²) in [5, 5.41) is 18.8. The molecule has 6 rings (SSSR count). The highest BCUT2D eigenvalue weighted by atomic mass is 19.4. The number of aromatic nitrogens is 3. The summed E-state index contributed by atoms with van der Waals surface area (Å²) in [6.07, 6.45) is 3.91. The van der Waals surface area contributed by atoms with Crippen LogP contribution in [0.3, 0.4) is 0 Å². The number of ether oxygens (including phenoxy) is 2. The lowest BCUT2D eigenvalue weighted by atomic mass is 9.43. The molecule has 1 N–H and O–H groups in total. The van der Waals surface area contributed by atoms with E-state index >= 15 is 0 Å². The molecule has 4 saturated carbocycles. The monoisotopic (exact) mass is 563 g/mol. The first-order valence-corrected chi connectivity index (χ1v) is 14.7. The van der Waals surface area contributed by atoms with Gasteiger partial charge in [0.1, 0.15) is 6.54 Å². The first-order valence-electron chi connectivity index (χ1n) is 14.7. The molecular weight excluding hydrogens is 523 g/mol. The Kier molecular flexibility index (Phi) is 6.76. The largest absolute Gasteiger partial charge is 0.573 e. The van der Waals surface area contributed by atoms with Gasteiger partial charge in [0, 0.05) is 13.0 Å². The molecule has 1 aromatic heterocycles. The lowest BCUT2D eigenvalue weighted by Crippen LogP contribution is -2.58. The highest BCUT2D eigenvalue weighted by molar-refractivity contribution is 5.85. The predicted molar refractivity (Wildman–Crippen MR) is 141 cm³/mol. The van der Waals surface area contributed by atoms with Crippen LogP contribution in [-0.4, -0.2) is 51.6 Å². The van der Waals surface area contributed by atoms with E-state index in [1.165, 1.54) is 16.8 Å². The van der Waals surface area contributed by atoms with Crippen LogP contribution in [-0.2, 0) is 16.1 Å². The van der Waals surface area contributed by atoms with E-state index in [0.717, 1.165) is 64.4 Å². The highest BCUT2D eigenvalue weighted by Gasteiger charge is 2.63. The minimum absolute atomic E-state index is 0.00435. The van der Waals surface area contributed by atoms with Crippen molar-refractivity contribution >= 4 is 16.8 Å². The number of halogens is 3. The van der Waals surface area contributed by atoms with Gasteiger partial charge in [-0.2, -0.15) is 0 Å². The normalized spacial score (nSPS) is 39.4. The fraction of sp³-hybridized carbons (Fsp3) is 0.767. The van der Waals surface area contributed by atoms with Crippen molar-refractivity contribution in [3.05, 3.63) is 18.2 Å². The van der Waals surface area contributed by atoms with Crippen LogP contribution >= 0.6 is 0 Å². The van der Waals surface area contributed by atoms with E-state index in [4.69, 9.17) is 4.74 Å². The molecule has 1 heterocycles. The Bertz CT molecular complexity index is 1280. The minimum atomic E-state index is -4.84. The average Bonchev–Trinajstić information content (AvgIpc) is 3.44. The summed E-state index contributed by atoms with van der Waals surface area (Å²) in [6.45, 7) is 4.99. The Morgan fingerprint density at radius 1 is 1.10 bits per heavy atom. The summed E-state index contributed by atoms with van der Waals surface area (Å²) in [6, 6.07) is 4.28. The Labute approximate surface area is 232 Å². The van der Waals surface area contributed by atoms with Gasteiger partial charge in [-0.05, 0) is 111 Å². The Hall–Kier alpha value is -2.20. The van der Waals surface area contributed by atoms with Crippen molar-refractivity contribution in [2.75, 3.05) is 13.7 Å². The van der Waals surface area contributed by atoms with Gasteiger partial charge in [-0.1, -0.05) is 18.2 Å². The maximum atomic E-state index is 13.8. The molecule has 8 atom stereocenters. The molecule has 40 heavy (non-hydrogen) atoms. The summed E-state index contributed by atoms with van der Waals surface area (Å²) < 4.78 is 50.0. The summed E-state index contributed by atoms with van der Waals surface area (Å²) in [5.41, 5.74) is -0.269. The van der Waals surface area contributed by atoms with Gasteiger partial charge in [-0.25, -0.2) is 4.68 Å². The molecule has 0 aliphatic heterocycles. The first-order chi connectivity index (χ1) is 18.9. The number of rotatable bonds is 6. The predicted octanol–water partition coefficient (Wildman–Crippen LogP) is 5.94. The van der Waals surface area contributed by atoms with E-state index in [0.29, 0.717) is 29.2 Å². The van der Waals surface area contributed by atoms with Gasteiger partial charge in [0.25, 0.3) is 0 Å². The van der Waals surface area contributed by atoms with Crippen LogP contribution in [0.25, 0.3) is 11.0 Å². The number of carbonyl (C=O) groups excluding carboxylic acids is 1. The van der Waals surface area contributed by atoms with Gasteiger partial charge in [0.05, 0.1) is 17.7 Å². The number of hydrogen-bond donors (Lipinski definition) is 1. The average molecular weight is 564 g/mol. The number of aliphatic hydroxyl groups is 1. The zero-order valence-electron chi connectivity index (χ0n) is 23.5. The molecule has 4 aliphatic carbocycles. The molecular formula is C30H40F3N3O4. The van der Waals surface area contributed by atoms with Gasteiger partial charge in [-0.15, -0.1) is 18.3 Å². The quantitative estimate of drug-likeness (QED) is 0.469. The molecule has 4 fully saturated rings. The number of nitrogens with zero attached hydrogens (tertiary/aromatic N) is 3. The molecule has 10 heteroatoms.